The third-order valence-corrected chi connectivity index (χ3v) is 8.07. The van der Waals surface area contributed by atoms with Crippen LogP contribution in [0.5, 0.6) is 0 Å². The number of halogens is 2. The summed E-state index contributed by atoms with van der Waals surface area (Å²) in [6.45, 7) is 9.21. The maximum absolute atomic E-state index is 15.5. The largest absolute Gasteiger partial charge is 0.356 e. The number of carbonyl (C=O) groups is 1. The van der Waals surface area contributed by atoms with Crippen LogP contribution in [0.1, 0.15) is 63.6 Å². The van der Waals surface area contributed by atoms with Crippen LogP contribution in [0.4, 0.5) is 20.3 Å². The van der Waals surface area contributed by atoms with Crippen LogP contribution in [0.2, 0.25) is 0 Å². The molecule has 9 nitrogen and oxygen atoms in total. The fraction of sp³-hybridized carbons (Fsp3) is 0.433. The molecular weight excluding hydrogens is 528 g/mol. The van der Waals surface area contributed by atoms with E-state index in [1.54, 1.807) is 12.1 Å². The quantitative estimate of drug-likeness (QED) is 0.306. The van der Waals surface area contributed by atoms with Crippen molar-refractivity contribution < 1.29 is 18.1 Å². The fourth-order valence-electron chi connectivity index (χ4n) is 5.69. The maximum Gasteiger partial charge on any atom is 0.229 e. The Bertz CT molecular complexity index is 1580. The van der Waals surface area contributed by atoms with Crippen molar-refractivity contribution in [3.63, 3.8) is 0 Å². The second kappa shape index (κ2) is 11.1. The van der Waals surface area contributed by atoms with Gasteiger partial charge in [0.25, 0.3) is 0 Å². The Morgan fingerprint density at radius 2 is 1.88 bits per heavy atom. The standard InChI is InChI=1S/C30H33F2N7O2/c1-4-37-10-9-26(40)39(17-37)25-6-5-20(13-24(25)32)22-14-21(31)15-23-27(22)33-16-34-29(23)38-11-7-19(8-12-38)28-35-30(18(2)3)41-36-28/h5-6,13-16,18-19H,4,7-12,17H2,1-3H3. The van der Waals surface area contributed by atoms with E-state index in [-0.39, 0.29) is 23.4 Å². The first kappa shape index (κ1) is 27.2. The SMILES string of the molecule is CCN1CCC(=O)N(c2ccc(-c3cc(F)cc4c(N5CCC(c6noc(C(C)C)n6)CC5)ncnc34)cc2F)C1. The third-order valence-electron chi connectivity index (χ3n) is 8.07. The van der Waals surface area contributed by atoms with Crippen LogP contribution in [0.3, 0.4) is 0 Å². The average Bonchev–Trinajstić information content (AvgIpc) is 3.48. The highest BCUT2D eigenvalue weighted by atomic mass is 19.1. The van der Waals surface area contributed by atoms with Gasteiger partial charge in [-0.3, -0.25) is 14.6 Å². The van der Waals surface area contributed by atoms with Gasteiger partial charge in [0.1, 0.15) is 23.8 Å². The molecule has 0 bridgehead atoms. The van der Waals surface area contributed by atoms with E-state index in [0.29, 0.717) is 66.5 Å². The molecular formula is C30H33F2N7O2. The van der Waals surface area contributed by atoms with Gasteiger partial charge in [-0.1, -0.05) is 32.0 Å². The number of nitrogens with zero attached hydrogens (tertiary/aromatic N) is 7. The number of hydrogen-bond acceptors (Lipinski definition) is 8. The zero-order valence-electron chi connectivity index (χ0n) is 23.5. The van der Waals surface area contributed by atoms with E-state index in [2.05, 4.69) is 29.9 Å². The third kappa shape index (κ3) is 5.26. The molecule has 0 saturated carbocycles. The molecule has 0 atom stereocenters. The first-order valence-electron chi connectivity index (χ1n) is 14.2. The molecule has 11 heteroatoms. The van der Waals surface area contributed by atoms with Gasteiger partial charge in [0.2, 0.25) is 11.8 Å². The molecule has 4 aromatic rings. The van der Waals surface area contributed by atoms with E-state index in [4.69, 9.17) is 4.52 Å². The highest BCUT2D eigenvalue weighted by molar-refractivity contribution is 6.00. The van der Waals surface area contributed by atoms with Crippen LogP contribution in [0.25, 0.3) is 22.0 Å². The van der Waals surface area contributed by atoms with Crippen LogP contribution >= 0.6 is 0 Å². The summed E-state index contributed by atoms with van der Waals surface area (Å²) in [6.07, 6.45) is 3.43. The van der Waals surface area contributed by atoms with Gasteiger partial charge in [-0.2, -0.15) is 4.98 Å². The minimum Gasteiger partial charge on any atom is -0.356 e. The maximum atomic E-state index is 15.5. The zero-order valence-corrected chi connectivity index (χ0v) is 23.5. The van der Waals surface area contributed by atoms with E-state index in [9.17, 15) is 4.79 Å². The van der Waals surface area contributed by atoms with Crippen LogP contribution in [-0.2, 0) is 4.79 Å². The summed E-state index contributed by atoms with van der Waals surface area (Å²) in [7, 11) is 0. The molecule has 0 N–H and O–H groups in total. The second-order valence-corrected chi connectivity index (χ2v) is 11.0. The minimum absolute atomic E-state index is 0.113. The molecule has 4 heterocycles. The van der Waals surface area contributed by atoms with Crippen LogP contribution < -0.4 is 9.80 Å². The summed E-state index contributed by atoms with van der Waals surface area (Å²) >= 11 is 0. The summed E-state index contributed by atoms with van der Waals surface area (Å²) in [5, 5.41) is 4.75. The molecule has 6 rings (SSSR count). The number of hydrogen-bond donors (Lipinski definition) is 0. The smallest absolute Gasteiger partial charge is 0.229 e. The number of aromatic nitrogens is 4. The minimum atomic E-state index is -0.537. The fourth-order valence-corrected chi connectivity index (χ4v) is 5.69. The van der Waals surface area contributed by atoms with Crippen LogP contribution in [0.15, 0.2) is 41.2 Å². The van der Waals surface area contributed by atoms with E-state index in [1.807, 2.05) is 20.8 Å². The van der Waals surface area contributed by atoms with E-state index < -0.39 is 11.6 Å². The number of amides is 1. The summed E-state index contributed by atoms with van der Waals surface area (Å²) < 4.78 is 35.9. The lowest BCUT2D eigenvalue weighted by Crippen LogP contribution is -2.48. The predicted molar refractivity (Wildman–Crippen MR) is 152 cm³/mol. The number of anilines is 2. The molecule has 0 unspecified atom stereocenters. The topological polar surface area (TPSA) is 91.5 Å². The number of piperidine rings is 1. The van der Waals surface area contributed by atoms with Gasteiger partial charge in [-0.05, 0) is 49.2 Å². The number of carbonyl (C=O) groups excluding carboxylic acids is 1. The van der Waals surface area contributed by atoms with Crippen molar-refractivity contribution in [2.75, 3.05) is 42.6 Å². The van der Waals surface area contributed by atoms with Crippen molar-refractivity contribution in [1.82, 2.24) is 25.0 Å². The number of benzene rings is 2. The molecule has 2 aliphatic rings. The van der Waals surface area contributed by atoms with Gasteiger partial charge >= 0.3 is 0 Å². The van der Waals surface area contributed by atoms with Gasteiger partial charge < -0.3 is 9.42 Å². The molecule has 0 radical (unpaired) electrons. The summed E-state index contributed by atoms with van der Waals surface area (Å²) in [6, 6.07) is 7.46. The van der Waals surface area contributed by atoms with Crippen molar-refractivity contribution in [2.45, 2.75) is 51.9 Å². The van der Waals surface area contributed by atoms with Crippen molar-refractivity contribution in [3.8, 4) is 11.1 Å². The summed E-state index contributed by atoms with van der Waals surface area (Å²) in [5.41, 5.74) is 1.71. The van der Waals surface area contributed by atoms with Gasteiger partial charge in [-0.25, -0.2) is 18.7 Å². The van der Waals surface area contributed by atoms with Crippen LogP contribution in [-0.4, -0.2) is 63.8 Å². The number of fused-ring (bicyclic) bond motifs is 1. The molecule has 2 aromatic heterocycles. The highest BCUT2D eigenvalue weighted by Gasteiger charge is 2.28. The zero-order chi connectivity index (χ0) is 28.7. The molecule has 2 fully saturated rings. The van der Waals surface area contributed by atoms with E-state index in [1.165, 1.54) is 29.4 Å². The number of rotatable bonds is 6. The molecule has 41 heavy (non-hydrogen) atoms. The van der Waals surface area contributed by atoms with Gasteiger partial charge in [-0.15, -0.1) is 0 Å². The first-order valence-corrected chi connectivity index (χ1v) is 14.2. The molecule has 0 aliphatic carbocycles. The Balaban J connectivity index is 1.28. The van der Waals surface area contributed by atoms with Crippen LogP contribution in [0, 0.1) is 11.6 Å². The molecule has 2 aliphatic heterocycles. The Morgan fingerprint density at radius 3 is 2.59 bits per heavy atom. The van der Waals surface area contributed by atoms with Crippen molar-refractivity contribution in [3.05, 3.63) is 60.0 Å². The lowest BCUT2D eigenvalue weighted by molar-refractivity contribution is -0.121. The van der Waals surface area contributed by atoms with E-state index in [0.717, 1.165) is 25.2 Å². The average molecular weight is 562 g/mol. The molecule has 2 saturated heterocycles. The molecule has 1 amide bonds. The summed E-state index contributed by atoms with van der Waals surface area (Å²) in [4.78, 5) is 31.8. The molecule has 2 aromatic carbocycles. The van der Waals surface area contributed by atoms with Crippen molar-refractivity contribution in [1.29, 1.82) is 0 Å². The molecule has 0 spiro atoms. The van der Waals surface area contributed by atoms with Gasteiger partial charge in [0.05, 0.1) is 17.9 Å². The predicted octanol–water partition coefficient (Wildman–Crippen LogP) is 5.48. The highest BCUT2D eigenvalue weighted by Crippen LogP contribution is 2.37. The van der Waals surface area contributed by atoms with Crippen molar-refractivity contribution >= 4 is 28.3 Å². The normalized spacial score (nSPS) is 17.3. The lowest BCUT2D eigenvalue weighted by Gasteiger charge is -2.35. The Labute approximate surface area is 237 Å². The lowest BCUT2D eigenvalue weighted by atomic mass is 9.95. The monoisotopic (exact) mass is 561 g/mol. The Kier molecular flexibility index (Phi) is 7.37. The van der Waals surface area contributed by atoms with Crippen molar-refractivity contribution in [2.24, 2.45) is 0 Å². The van der Waals surface area contributed by atoms with Gasteiger partial charge in [0, 0.05) is 48.8 Å². The summed E-state index contributed by atoms with van der Waals surface area (Å²) in [5.74, 6) is 1.26. The first-order chi connectivity index (χ1) is 19.8. The Morgan fingerprint density at radius 1 is 1.07 bits per heavy atom. The van der Waals surface area contributed by atoms with E-state index >= 15 is 8.78 Å². The Hall–Kier alpha value is -3.99. The van der Waals surface area contributed by atoms with Gasteiger partial charge in [0.15, 0.2) is 5.82 Å². The second-order valence-electron chi connectivity index (χ2n) is 11.0. The molecule has 214 valence electrons.